The first kappa shape index (κ1) is 18.7. The molecule has 1 unspecified atom stereocenters. The lowest BCUT2D eigenvalue weighted by molar-refractivity contribution is -0.364. The van der Waals surface area contributed by atoms with Crippen molar-refractivity contribution < 1.29 is 14.5 Å². The fourth-order valence-electron chi connectivity index (χ4n) is 4.32. The maximum atomic E-state index is 15.0. The molecule has 5 rings (SSSR count). The first-order valence-corrected chi connectivity index (χ1v) is 10.0. The highest BCUT2D eigenvalue weighted by molar-refractivity contribution is 9.10. The third kappa shape index (κ3) is 2.37. The Morgan fingerprint density at radius 2 is 1.77 bits per heavy atom. The second-order valence-electron chi connectivity index (χ2n) is 7.37. The summed E-state index contributed by atoms with van der Waals surface area (Å²) in [6.45, 7) is 0. The van der Waals surface area contributed by atoms with Gasteiger partial charge in [0.2, 0.25) is 0 Å². The molecule has 1 aromatic heterocycles. The van der Waals surface area contributed by atoms with Crippen LogP contribution in [0.2, 0.25) is 0 Å². The van der Waals surface area contributed by atoms with Crippen molar-refractivity contribution in [2.75, 3.05) is 0 Å². The van der Waals surface area contributed by atoms with E-state index in [0.29, 0.717) is 21.3 Å². The number of halogens is 2. The number of allylic oxidation sites excluding steroid dienone is 1. The van der Waals surface area contributed by atoms with Gasteiger partial charge < -0.3 is 5.11 Å². The smallest absolute Gasteiger partial charge is 0.417 e. The first-order chi connectivity index (χ1) is 14.3. The number of nitrogens with one attached hydrogen (secondary N) is 1. The Labute approximate surface area is 178 Å². The average Bonchev–Trinajstić information content (AvgIpc) is 3.03. The molecule has 150 valence electrons. The van der Waals surface area contributed by atoms with E-state index in [1.165, 1.54) is 17.7 Å². The van der Waals surface area contributed by atoms with Gasteiger partial charge in [0.15, 0.2) is 0 Å². The van der Waals surface area contributed by atoms with Crippen molar-refractivity contribution in [3.8, 4) is 0 Å². The van der Waals surface area contributed by atoms with Crippen molar-refractivity contribution in [1.82, 2.24) is 9.13 Å². The maximum absolute atomic E-state index is 15.0. The molecule has 0 amide bonds. The summed E-state index contributed by atoms with van der Waals surface area (Å²) in [7, 11) is 2.94. The van der Waals surface area contributed by atoms with Crippen LogP contribution in [0.4, 0.5) is 10.2 Å². The number of rotatable bonds is 1. The van der Waals surface area contributed by atoms with Gasteiger partial charge in [0.25, 0.3) is 11.4 Å². The van der Waals surface area contributed by atoms with E-state index in [9.17, 15) is 14.7 Å². The molecule has 30 heavy (non-hydrogen) atoms. The minimum absolute atomic E-state index is 0.0148. The van der Waals surface area contributed by atoms with Crippen LogP contribution in [0.25, 0.3) is 5.76 Å². The van der Waals surface area contributed by atoms with Gasteiger partial charge in [-0.2, -0.15) is 4.57 Å². The van der Waals surface area contributed by atoms with E-state index in [-0.39, 0.29) is 22.7 Å². The number of aliphatic hydroxyl groups is 1. The Kier molecular flexibility index (Phi) is 3.98. The van der Waals surface area contributed by atoms with Crippen molar-refractivity contribution in [1.29, 1.82) is 0 Å². The lowest BCUT2D eigenvalue weighted by atomic mass is 9.81. The van der Waals surface area contributed by atoms with Crippen molar-refractivity contribution in [3.63, 3.8) is 0 Å². The molecule has 0 saturated carbocycles. The highest BCUT2D eigenvalue weighted by Gasteiger charge is 2.45. The third-order valence-corrected chi connectivity index (χ3v) is 6.26. The number of nitrogens with zero attached hydrogens (tertiary/aromatic N) is 2. The summed E-state index contributed by atoms with van der Waals surface area (Å²) in [6, 6.07) is 11.7. The van der Waals surface area contributed by atoms with E-state index in [4.69, 9.17) is 0 Å². The summed E-state index contributed by atoms with van der Waals surface area (Å²) in [5.41, 5.74) is 1.68. The standard InChI is InChI=1S/C22H15BrFN3O3/c1-26-20-17(21(29)27(2)22(26)30)15(13-9-10(23)7-8-14(13)24)16-18(25-20)11-5-3-4-6-12(11)19(16)28/h3-9,15,28H,1-2H3/p+1. The summed E-state index contributed by atoms with van der Waals surface area (Å²) in [5.74, 6) is -1.14. The Balaban J connectivity index is 1.98. The van der Waals surface area contributed by atoms with Crippen LogP contribution < -0.4 is 16.2 Å². The van der Waals surface area contributed by atoms with Gasteiger partial charge in [-0.1, -0.05) is 34.1 Å². The zero-order valence-corrected chi connectivity index (χ0v) is 17.6. The van der Waals surface area contributed by atoms with Crippen LogP contribution in [0.15, 0.2) is 62.1 Å². The first-order valence-electron chi connectivity index (χ1n) is 9.23. The largest absolute Gasteiger partial charge is 0.507 e. The SMILES string of the molecule is Cn1c2c(c(=O)n(C)c1=O)C(c1cc(Br)ccc1F)C1=C(O)c3ccccc3C1=[NH+]2. The predicted molar refractivity (Wildman–Crippen MR) is 114 cm³/mol. The molecule has 2 aromatic carbocycles. The Morgan fingerprint density at radius 1 is 1.07 bits per heavy atom. The normalized spacial score (nSPS) is 16.8. The van der Waals surface area contributed by atoms with Crippen LogP contribution >= 0.6 is 15.9 Å². The van der Waals surface area contributed by atoms with Crippen LogP contribution in [0.1, 0.15) is 28.2 Å². The number of aliphatic hydroxyl groups excluding tert-OH is 1. The van der Waals surface area contributed by atoms with Gasteiger partial charge in [0, 0.05) is 28.2 Å². The Hall–Kier alpha value is -3.26. The molecular formula is C22H16BrFN3O3+. The zero-order chi connectivity index (χ0) is 21.3. The monoisotopic (exact) mass is 468 g/mol. The molecule has 8 heteroatoms. The summed E-state index contributed by atoms with van der Waals surface area (Å²) < 4.78 is 18.0. The number of hydrogen-bond donors (Lipinski definition) is 2. The molecule has 0 radical (unpaired) electrons. The molecule has 3 aromatic rings. The van der Waals surface area contributed by atoms with E-state index in [1.54, 1.807) is 31.3 Å². The average molecular weight is 469 g/mol. The molecule has 0 spiro atoms. The molecule has 0 fully saturated rings. The molecule has 2 aliphatic rings. The highest BCUT2D eigenvalue weighted by Crippen LogP contribution is 2.44. The zero-order valence-electron chi connectivity index (χ0n) is 16.0. The number of hydrogen-bond acceptors (Lipinski definition) is 3. The van der Waals surface area contributed by atoms with Crippen LogP contribution in [0.5, 0.6) is 0 Å². The fraction of sp³-hybridized carbons (Fsp3) is 0.136. The van der Waals surface area contributed by atoms with Gasteiger partial charge in [-0.15, -0.1) is 0 Å². The van der Waals surface area contributed by atoms with E-state index in [2.05, 4.69) is 20.9 Å². The number of aromatic nitrogens is 2. The van der Waals surface area contributed by atoms with Gasteiger partial charge in [-0.3, -0.25) is 4.79 Å². The Bertz CT molecular complexity index is 1450. The molecule has 1 aliphatic carbocycles. The molecule has 1 atom stereocenters. The van der Waals surface area contributed by atoms with Crippen molar-refractivity contribution in [2.24, 2.45) is 14.1 Å². The number of fused-ring (bicyclic) bond motifs is 4. The van der Waals surface area contributed by atoms with Crippen LogP contribution in [-0.4, -0.2) is 20.0 Å². The third-order valence-electron chi connectivity index (χ3n) is 5.77. The van der Waals surface area contributed by atoms with E-state index >= 15 is 4.39 Å². The topological polar surface area (TPSA) is 78.2 Å². The van der Waals surface area contributed by atoms with E-state index < -0.39 is 23.0 Å². The van der Waals surface area contributed by atoms with Gasteiger partial charge in [0.1, 0.15) is 22.9 Å². The summed E-state index contributed by atoms with van der Waals surface area (Å²) >= 11 is 3.37. The van der Waals surface area contributed by atoms with Gasteiger partial charge in [0.05, 0.1) is 18.5 Å². The molecular weight excluding hydrogens is 453 g/mol. The van der Waals surface area contributed by atoms with E-state index in [0.717, 1.165) is 10.1 Å². The van der Waals surface area contributed by atoms with Gasteiger partial charge in [-0.25, -0.2) is 18.7 Å². The molecule has 2 N–H and O–H groups in total. The summed E-state index contributed by atoms with van der Waals surface area (Å²) in [5, 5.41) is 11.1. The van der Waals surface area contributed by atoms with Crippen molar-refractivity contribution in [2.45, 2.75) is 5.92 Å². The molecule has 1 aliphatic heterocycles. The van der Waals surface area contributed by atoms with Gasteiger partial charge >= 0.3 is 5.69 Å². The second-order valence-corrected chi connectivity index (χ2v) is 8.29. The van der Waals surface area contributed by atoms with Crippen LogP contribution in [0.3, 0.4) is 0 Å². The lowest BCUT2D eigenvalue weighted by Crippen LogP contribution is -2.73. The quantitative estimate of drug-likeness (QED) is 0.569. The van der Waals surface area contributed by atoms with Crippen molar-refractivity contribution >= 4 is 33.2 Å². The summed E-state index contributed by atoms with van der Waals surface area (Å²) in [4.78, 5) is 28.9. The molecule has 6 nitrogen and oxygen atoms in total. The predicted octanol–water partition coefficient (Wildman–Crippen LogP) is 1.62. The minimum atomic E-state index is -0.897. The molecule has 0 bridgehead atoms. The number of benzene rings is 2. The maximum Gasteiger partial charge on any atom is 0.417 e. The Morgan fingerprint density at radius 3 is 2.50 bits per heavy atom. The van der Waals surface area contributed by atoms with Crippen LogP contribution in [0, 0.1) is 5.82 Å². The fourth-order valence-corrected chi connectivity index (χ4v) is 4.70. The van der Waals surface area contributed by atoms with E-state index in [1.807, 2.05) is 12.1 Å². The lowest BCUT2D eigenvalue weighted by Gasteiger charge is -2.24. The second kappa shape index (κ2) is 6.37. The van der Waals surface area contributed by atoms with Gasteiger partial charge in [-0.05, 0) is 24.3 Å². The van der Waals surface area contributed by atoms with Crippen molar-refractivity contribution in [3.05, 3.63) is 101 Å². The highest BCUT2D eigenvalue weighted by atomic mass is 79.9. The summed E-state index contributed by atoms with van der Waals surface area (Å²) in [6.07, 6.45) is 0. The molecule has 2 heterocycles. The molecule has 0 saturated heterocycles. The minimum Gasteiger partial charge on any atom is -0.507 e. The van der Waals surface area contributed by atoms with Crippen LogP contribution in [-0.2, 0) is 14.1 Å².